The van der Waals surface area contributed by atoms with Gasteiger partial charge in [-0.1, -0.05) is 25.1 Å². The van der Waals surface area contributed by atoms with Gasteiger partial charge in [0.1, 0.15) is 0 Å². The molecule has 1 unspecified atom stereocenters. The van der Waals surface area contributed by atoms with Crippen LogP contribution < -0.4 is 5.73 Å². The van der Waals surface area contributed by atoms with Gasteiger partial charge in [0.15, 0.2) is 0 Å². The van der Waals surface area contributed by atoms with Crippen LogP contribution in [-0.2, 0) is 4.79 Å². The fourth-order valence-electron chi connectivity index (χ4n) is 2.94. The average Bonchev–Trinajstić information content (AvgIpc) is 2.89. The SMILES string of the molecule is CCN(CC)C(=O)C(C)N(CC(N)=S)C1CCCC1. The quantitative estimate of drug-likeness (QED) is 0.724. The van der Waals surface area contributed by atoms with Crippen LogP contribution in [0.5, 0.6) is 0 Å². The molecule has 5 heteroatoms. The molecule has 0 spiro atoms. The zero-order valence-corrected chi connectivity index (χ0v) is 13.2. The smallest absolute Gasteiger partial charge is 0.239 e. The molecule has 19 heavy (non-hydrogen) atoms. The number of rotatable bonds is 7. The summed E-state index contributed by atoms with van der Waals surface area (Å²) >= 11 is 5.05. The maximum absolute atomic E-state index is 12.5. The summed E-state index contributed by atoms with van der Waals surface area (Å²) in [5.74, 6) is 0.188. The van der Waals surface area contributed by atoms with Crippen molar-refractivity contribution in [3.63, 3.8) is 0 Å². The molecule has 0 bridgehead atoms. The maximum atomic E-state index is 12.5. The summed E-state index contributed by atoms with van der Waals surface area (Å²) in [6.07, 6.45) is 4.78. The van der Waals surface area contributed by atoms with Crippen LogP contribution in [-0.4, -0.2) is 52.4 Å². The molecular formula is C14H27N3OS. The van der Waals surface area contributed by atoms with Crippen molar-refractivity contribution in [3.05, 3.63) is 0 Å². The molecular weight excluding hydrogens is 258 g/mol. The van der Waals surface area contributed by atoms with Gasteiger partial charge in [0.2, 0.25) is 5.91 Å². The summed E-state index contributed by atoms with van der Waals surface area (Å²) in [6, 6.07) is 0.320. The molecule has 1 saturated carbocycles. The lowest BCUT2D eigenvalue weighted by Gasteiger charge is -2.35. The number of hydrogen-bond acceptors (Lipinski definition) is 3. The molecule has 4 nitrogen and oxygen atoms in total. The number of nitrogens with two attached hydrogens (primary N) is 1. The van der Waals surface area contributed by atoms with Crippen molar-refractivity contribution in [3.8, 4) is 0 Å². The van der Waals surface area contributed by atoms with E-state index in [1.54, 1.807) is 0 Å². The highest BCUT2D eigenvalue weighted by Gasteiger charge is 2.31. The van der Waals surface area contributed by atoms with E-state index in [0.29, 0.717) is 17.6 Å². The van der Waals surface area contributed by atoms with Gasteiger partial charge in [0, 0.05) is 25.7 Å². The Kier molecular flexibility index (Phi) is 6.72. The minimum atomic E-state index is -0.135. The van der Waals surface area contributed by atoms with E-state index in [1.807, 2.05) is 25.7 Å². The number of thiocarbonyl (C=S) groups is 1. The highest BCUT2D eigenvalue weighted by molar-refractivity contribution is 7.80. The number of likely N-dealkylation sites (N-methyl/N-ethyl adjacent to an activating group) is 1. The van der Waals surface area contributed by atoms with Crippen LogP contribution in [0.1, 0.15) is 46.5 Å². The van der Waals surface area contributed by atoms with Crippen LogP contribution in [0.15, 0.2) is 0 Å². The molecule has 0 aromatic rings. The second-order valence-corrected chi connectivity index (χ2v) is 5.79. The highest BCUT2D eigenvalue weighted by Crippen LogP contribution is 2.25. The van der Waals surface area contributed by atoms with Crippen molar-refractivity contribution in [2.24, 2.45) is 5.73 Å². The molecule has 0 radical (unpaired) electrons. The van der Waals surface area contributed by atoms with Crippen LogP contribution in [0.3, 0.4) is 0 Å². The normalized spacial score (nSPS) is 17.7. The van der Waals surface area contributed by atoms with Gasteiger partial charge < -0.3 is 10.6 Å². The number of hydrogen-bond donors (Lipinski definition) is 1. The zero-order valence-electron chi connectivity index (χ0n) is 12.4. The van der Waals surface area contributed by atoms with E-state index >= 15 is 0 Å². The number of carbonyl (C=O) groups excluding carboxylic acids is 1. The monoisotopic (exact) mass is 285 g/mol. The molecule has 1 rings (SSSR count). The Labute approximate surface area is 122 Å². The van der Waals surface area contributed by atoms with Gasteiger partial charge in [-0.3, -0.25) is 9.69 Å². The van der Waals surface area contributed by atoms with Crippen LogP contribution >= 0.6 is 12.2 Å². The topological polar surface area (TPSA) is 49.6 Å². The summed E-state index contributed by atoms with van der Waals surface area (Å²) < 4.78 is 0. The van der Waals surface area contributed by atoms with Gasteiger partial charge in [-0.05, 0) is 33.6 Å². The molecule has 1 aliphatic rings. The van der Waals surface area contributed by atoms with E-state index in [9.17, 15) is 4.79 Å². The van der Waals surface area contributed by atoms with E-state index in [4.69, 9.17) is 18.0 Å². The largest absolute Gasteiger partial charge is 0.392 e. The minimum Gasteiger partial charge on any atom is -0.392 e. The summed E-state index contributed by atoms with van der Waals surface area (Å²) in [5, 5.41) is 0. The van der Waals surface area contributed by atoms with E-state index in [2.05, 4.69) is 4.90 Å². The summed E-state index contributed by atoms with van der Waals surface area (Å²) in [5.41, 5.74) is 5.70. The maximum Gasteiger partial charge on any atom is 0.239 e. The summed E-state index contributed by atoms with van der Waals surface area (Å²) in [4.78, 5) is 17.0. The molecule has 0 saturated heterocycles. The summed E-state index contributed by atoms with van der Waals surface area (Å²) in [6.45, 7) is 8.07. The first-order valence-electron chi connectivity index (χ1n) is 7.34. The van der Waals surface area contributed by atoms with Crippen LogP contribution in [0.4, 0.5) is 0 Å². The van der Waals surface area contributed by atoms with Gasteiger partial charge in [0.25, 0.3) is 0 Å². The van der Waals surface area contributed by atoms with Crippen molar-refractivity contribution < 1.29 is 4.79 Å². The molecule has 2 N–H and O–H groups in total. The number of carbonyl (C=O) groups is 1. The molecule has 1 amide bonds. The predicted molar refractivity (Wildman–Crippen MR) is 83.1 cm³/mol. The minimum absolute atomic E-state index is 0.135. The van der Waals surface area contributed by atoms with E-state index < -0.39 is 0 Å². The average molecular weight is 285 g/mol. The first-order chi connectivity index (χ1) is 9.01. The van der Waals surface area contributed by atoms with Crippen molar-refractivity contribution >= 4 is 23.1 Å². The van der Waals surface area contributed by atoms with E-state index in [-0.39, 0.29) is 11.9 Å². The lowest BCUT2D eigenvalue weighted by atomic mass is 10.1. The summed E-state index contributed by atoms with van der Waals surface area (Å²) in [7, 11) is 0. The Bertz CT molecular complexity index is 312. The Morgan fingerprint density at radius 1 is 1.32 bits per heavy atom. The van der Waals surface area contributed by atoms with Crippen molar-refractivity contribution in [1.29, 1.82) is 0 Å². The van der Waals surface area contributed by atoms with Crippen LogP contribution in [0.2, 0.25) is 0 Å². The Hall–Kier alpha value is -0.680. The first-order valence-corrected chi connectivity index (χ1v) is 7.74. The molecule has 1 fully saturated rings. The molecule has 0 aromatic heterocycles. The van der Waals surface area contributed by atoms with Crippen LogP contribution in [0, 0.1) is 0 Å². The third-order valence-electron chi connectivity index (χ3n) is 4.06. The predicted octanol–water partition coefficient (Wildman–Crippen LogP) is 1.77. The lowest BCUT2D eigenvalue weighted by Crippen LogP contribution is -2.52. The van der Waals surface area contributed by atoms with Crippen LogP contribution in [0.25, 0.3) is 0 Å². The second kappa shape index (κ2) is 7.80. The molecule has 0 heterocycles. The molecule has 0 aromatic carbocycles. The zero-order chi connectivity index (χ0) is 14.4. The van der Waals surface area contributed by atoms with Crippen molar-refractivity contribution in [2.45, 2.75) is 58.5 Å². The highest BCUT2D eigenvalue weighted by atomic mass is 32.1. The van der Waals surface area contributed by atoms with Crippen molar-refractivity contribution in [2.75, 3.05) is 19.6 Å². The third kappa shape index (κ3) is 4.42. The van der Waals surface area contributed by atoms with Gasteiger partial charge in [-0.15, -0.1) is 0 Å². The molecule has 110 valence electrons. The van der Waals surface area contributed by atoms with Gasteiger partial charge in [-0.25, -0.2) is 0 Å². The fourth-order valence-corrected chi connectivity index (χ4v) is 3.09. The Morgan fingerprint density at radius 2 is 1.84 bits per heavy atom. The third-order valence-corrected chi connectivity index (χ3v) is 4.19. The fraction of sp³-hybridized carbons (Fsp3) is 0.857. The molecule has 1 aliphatic carbocycles. The van der Waals surface area contributed by atoms with Crippen molar-refractivity contribution in [1.82, 2.24) is 9.80 Å². The number of amides is 1. The second-order valence-electron chi connectivity index (χ2n) is 5.26. The Balaban J connectivity index is 2.77. The van der Waals surface area contributed by atoms with E-state index in [1.165, 1.54) is 12.8 Å². The van der Waals surface area contributed by atoms with Gasteiger partial charge in [0.05, 0.1) is 11.0 Å². The molecule has 1 atom stereocenters. The number of nitrogens with zero attached hydrogens (tertiary/aromatic N) is 2. The van der Waals surface area contributed by atoms with Gasteiger partial charge >= 0.3 is 0 Å². The van der Waals surface area contributed by atoms with E-state index in [0.717, 1.165) is 25.9 Å². The van der Waals surface area contributed by atoms with Gasteiger partial charge in [-0.2, -0.15) is 0 Å². The lowest BCUT2D eigenvalue weighted by molar-refractivity contribution is -0.136. The Morgan fingerprint density at radius 3 is 2.26 bits per heavy atom. The first kappa shape index (κ1) is 16.4. The molecule has 0 aliphatic heterocycles. The standard InChI is InChI=1S/C14H27N3OS/c1-4-16(5-2)14(18)11(3)17(10-13(15)19)12-8-6-7-9-12/h11-12H,4-10H2,1-3H3,(H2,15,19).